The molecule has 1 amide bonds. The van der Waals surface area contributed by atoms with Crippen LogP contribution in [0.2, 0.25) is 0 Å². The SMILES string of the molecule is O=C(c1cccc(F)c1)N1CCC(Oc2ccc(F)cc2)CC1. The van der Waals surface area contributed by atoms with Crippen molar-refractivity contribution in [2.24, 2.45) is 0 Å². The van der Waals surface area contributed by atoms with Crippen molar-refractivity contribution in [3.8, 4) is 5.75 Å². The second-order valence-electron chi connectivity index (χ2n) is 5.57. The number of rotatable bonds is 3. The van der Waals surface area contributed by atoms with Crippen LogP contribution in [0.15, 0.2) is 48.5 Å². The summed E-state index contributed by atoms with van der Waals surface area (Å²) in [6.45, 7) is 1.11. The van der Waals surface area contributed by atoms with Crippen LogP contribution in [0.3, 0.4) is 0 Å². The molecule has 1 aliphatic rings. The van der Waals surface area contributed by atoms with Crippen molar-refractivity contribution >= 4 is 5.91 Å². The van der Waals surface area contributed by atoms with E-state index < -0.39 is 5.82 Å². The Kier molecular flexibility index (Phi) is 4.55. The molecule has 0 atom stereocenters. The number of hydrogen-bond acceptors (Lipinski definition) is 2. The molecule has 3 nitrogen and oxygen atoms in total. The summed E-state index contributed by atoms with van der Waals surface area (Å²) in [5, 5.41) is 0. The summed E-state index contributed by atoms with van der Waals surface area (Å²) < 4.78 is 31.9. The molecular formula is C18H17F2NO2. The third-order valence-electron chi connectivity index (χ3n) is 3.92. The first-order valence-electron chi connectivity index (χ1n) is 7.59. The minimum absolute atomic E-state index is 0.00276. The van der Waals surface area contributed by atoms with Crippen molar-refractivity contribution < 1.29 is 18.3 Å². The fourth-order valence-corrected chi connectivity index (χ4v) is 2.69. The molecular weight excluding hydrogens is 300 g/mol. The normalized spacial score (nSPS) is 15.5. The number of ether oxygens (including phenoxy) is 1. The highest BCUT2D eigenvalue weighted by Crippen LogP contribution is 2.20. The molecule has 2 aromatic rings. The Morgan fingerprint density at radius 2 is 1.70 bits per heavy atom. The fourth-order valence-electron chi connectivity index (χ4n) is 2.69. The molecule has 1 aliphatic heterocycles. The lowest BCUT2D eigenvalue weighted by atomic mass is 10.1. The van der Waals surface area contributed by atoms with Crippen molar-refractivity contribution in [3.63, 3.8) is 0 Å². The number of carbonyl (C=O) groups excluding carboxylic acids is 1. The van der Waals surface area contributed by atoms with Gasteiger partial charge in [0.2, 0.25) is 0 Å². The van der Waals surface area contributed by atoms with Crippen LogP contribution in [-0.4, -0.2) is 30.0 Å². The molecule has 0 aromatic heterocycles. The zero-order valence-corrected chi connectivity index (χ0v) is 12.5. The Bertz CT molecular complexity index is 680. The monoisotopic (exact) mass is 317 g/mol. The standard InChI is InChI=1S/C18H17F2NO2/c19-14-4-6-16(7-5-14)23-17-8-10-21(11-9-17)18(22)13-2-1-3-15(20)12-13/h1-7,12,17H,8-11H2. The number of piperidine rings is 1. The van der Waals surface area contributed by atoms with Crippen LogP contribution in [0.1, 0.15) is 23.2 Å². The van der Waals surface area contributed by atoms with E-state index in [1.165, 1.54) is 30.3 Å². The second kappa shape index (κ2) is 6.77. The molecule has 0 spiro atoms. The number of likely N-dealkylation sites (tertiary alicyclic amines) is 1. The van der Waals surface area contributed by atoms with Gasteiger partial charge < -0.3 is 9.64 Å². The van der Waals surface area contributed by atoms with Crippen LogP contribution in [0.25, 0.3) is 0 Å². The highest BCUT2D eigenvalue weighted by Gasteiger charge is 2.24. The number of hydrogen-bond donors (Lipinski definition) is 0. The van der Waals surface area contributed by atoms with Crippen molar-refractivity contribution in [2.75, 3.05) is 13.1 Å². The number of carbonyl (C=O) groups is 1. The molecule has 0 aliphatic carbocycles. The van der Waals surface area contributed by atoms with Crippen molar-refractivity contribution in [1.82, 2.24) is 4.90 Å². The summed E-state index contributed by atoms with van der Waals surface area (Å²) in [5.74, 6) is -0.246. The molecule has 0 saturated carbocycles. The van der Waals surface area contributed by atoms with E-state index in [2.05, 4.69) is 0 Å². The maximum absolute atomic E-state index is 13.2. The van der Waals surface area contributed by atoms with Gasteiger partial charge in [0.05, 0.1) is 0 Å². The predicted molar refractivity (Wildman–Crippen MR) is 82.4 cm³/mol. The average molecular weight is 317 g/mol. The van der Waals surface area contributed by atoms with Gasteiger partial charge in [-0.15, -0.1) is 0 Å². The molecule has 1 saturated heterocycles. The third kappa shape index (κ3) is 3.86. The Morgan fingerprint density at radius 1 is 1.00 bits per heavy atom. The predicted octanol–water partition coefficient (Wildman–Crippen LogP) is 3.65. The van der Waals surface area contributed by atoms with Gasteiger partial charge in [-0.3, -0.25) is 4.79 Å². The van der Waals surface area contributed by atoms with E-state index in [0.29, 0.717) is 37.2 Å². The van der Waals surface area contributed by atoms with Gasteiger partial charge in [-0.1, -0.05) is 6.07 Å². The third-order valence-corrected chi connectivity index (χ3v) is 3.92. The summed E-state index contributed by atoms with van der Waals surface area (Å²) in [4.78, 5) is 14.0. The maximum Gasteiger partial charge on any atom is 0.253 e. The summed E-state index contributed by atoms with van der Waals surface area (Å²) in [6, 6.07) is 11.6. The lowest BCUT2D eigenvalue weighted by Gasteiger charge is -2.32. The van der Waals surface area contributed by atoms with Crippen molar-refractivity contribution in [3.05, 3.63) is 65.7 Å². The second-order valence-corrected chi connectivity index (χ2v) is 5.57. The number of amides is 1. The lowest BCUT2D eigenvalue weighted by molar-refractivity contribution is 0.0595. The minimum Gasteiger partial charge on any atom is -0.490 e. The summed E-state index contributed by atoms with van der Waals surface area (Å²) >= 11 is 0. The highest BCUT2D eigenvalue weighted by molar-refractivity contribution is 5.94. The molecule has 1 fully saturated rings. The van der Waals surface area contributed by atoms with Crippen LogP contribution < -0.4 is 4.74 Å². The quantitative estimate of drug-likeness (QED) is 0.865. The van der Waals surface area contributed by atoms with Gasteiger partial charge in [-0.25, -0.2) is 8.78 Å². The number of nitrogens with zero attached hydrogens (tertiary/aromatic N) is 1. The topological polar surface area (TPSA) is 29.5 Å². The van der Waals surface area contributed by atoms with Crippen LogP contribution in [-0.2, 0) is 0 Å². The molecule has 120 valence electrons. The summed E-state index contributed by atoms with van der Waals surface area (Å²) in [7, 11) is 0. The number of benzene rings is 2. The van der Waals surface area contributed by atoms with Gasteiger partial charge in [0.15, 0.2) is 0 Å². The van der Waals surface area contributed by atoms with Gasteiger partial charge in [-0.05, 0) is 42.5 Å². The zero-order valence-electron chi connectivity index (χ0n) is 12.5. The van der Waals surface area contributed by atoms with Crippen LogP contribution in [0, 0.1) is 11.6 Å². The van der Waals surface area contributed by atoms with E-state index in [4.69, 9.17) is 4.74 Å². The largest absolute Gasteiger partial charge is 0.490 e. The molecule has 0 radical (unpaired) electrons. The Labute approximate surface area is 133 Å². The van der Waals surface area contributed by atoms with Gasteiger partial charge in [0, 0.05) is 31.5 Å². The summed E-state index contributed by atoms with van der Waals surface area (Å²) in [5.41, 5.74) is 0.364. The molecule has 0 N–H and O–H groups in total. The van der Waals surface area contributed by atoms with E-state index in [1.807, 2.05) is 0 Å². The lowest BCUT2D eigenvalue weighted by Crippen LogP contribution is -2.41. The smallest absolute Gasteiger partial charge is 0.253 e. The van der Waals surface area contributed by atoms with Crippen LogP contribution in [0.4, 0.5) is 8.78 Å². The molecule has 5 heteroatoms. The van der Waals surface area contributed by atoms with Gasteiger partial charge in [-0.2, -0.15) is 0 Å². The molecule has 0 bridgehead atoms. The summed E-state index contributed by atoms with van der Waals surface area (Å²) in [6.07, 6.45) is 1.38. The molecule has 0 unspecified atom stereocenters. The first-order valence-corrected chi connectivity index (χ1v) is 7.59. The van der Waals surface area contributed by atoms with E-state index in [9.17, 15) is 13.6 Å². The first-order chi connectivity index (χ1) is 11.1. The van der Waals surface area contributed by atoms with Crippen molar-refractivity contribution in [1.29, 1.82) is 0 Å². The highest BCUT2D eigenvalue weighted by atomic mass is 19.1. The Hall–Kier alpha value is -2.43. The van der Waals surface area contributed by atoms with Gasteiger partial charge in [0.1, 0.15) is 23.5 Å². The van der Waals surface area contributed by atoms with E-state index in [0.717, 1.165) is 0 Å². The molecule has 23 heavy (non-hydrogen) atoms. The van der Waals surface area contributed by atoms with Gasteiger partial charge >= 0.3 is 0 Å². The van der Waals surface area contributed by atoms with Crippen molar-refractivity contribution in [2.45, 2.75) is 18.9 Å². The zero-order chi connectivity index (χ0) is 16.2. The van der Waals surface area contributed by atoms with Crippen LogP contribution >= 0.6 is 0 Å². The van der Waals surface area contributed by atoms with E-state index in [1.54, 1.807) is 23.1 Å². The average Bonchev–Trinajstić information content (AvgIpc) is 2.57. The van der Waals surface area contributed by atoms with Crippen LogP contribution in [0.5, 0.6) is 5.75 Å². The Balaban J connectivity index is 1.55. The fraction of sp³-hybridized carbons (Fsp3) is 0.278. The maximum atomic E-state index is 13.2. The molecule has 2 aromatic carbocycles. The van der Waals surface area contributed by atoms with E-state index in [-0.39, 0.29) is 17.8 Å². The molecule has 3 rings (SSSR count). The number of halogens is 2. The van der Waals surface area contributed by atoms with E-state index >= 15 is 0 Å². The minimum atomic E-state index is -0.412. The first kappa shape index (κ1) is 15.5. The molecule has 1 heterocycles. The Morgan fingerprint density at radius 3 is 2.35 bits per heavy atom. The van der Waals surface area contributed by atoms with Gasteiger partial charge in [0.25, 0.3) is 5.91 Å².